The normalized spacial score (nSPS) is 39.4. The number of ether oxygens (including phenoxy) is 1. The number of allylic oxidation sites excluding steroid dienone is 1. The molecule has 0 N–H and O–H groups in total. The smallest absolute Gasteiger partial charge is 0.0628 e. The molecule has 1 heterocycles. The monoisotopic (exact) mass is 222 g/mol. The van der Waals surface area contributed by atoms with E-state index in [9.17, 15) is 0 Å². The lowest BCUT2D eigenvalue weighted by molar-refractivity contribution is -0.135. The fourth-order valence-electron chi connectivity index (χ4n) is 3.38. The number of hydrogen-bond donors (Lipinski definition) is 0. The fraction of sp³-hybridized carbons (Fsp3) is 0.867. The molecular formula is C15H26O. The van der Waals surface area contributed by atoms with Crippen LogP contribution in [0.15, 0.2) is 12.7 Å². The first-order valence-electron chi connectivity index (χ1n) is 6.75. The third-order valence-electron chi connectivity index (χ3n) is 4.67. The Hall–Kier alpha value is -0.300. The van der Waals surface area contributed by atoms with Crippen molar-refractivity contribution in [2.45, 2.75) is 52.6 Å². The molecule has 0 bridgehead atoms. The van der Waals surface area contributed by atoms with E-state index in [1.807, 2.05) is 0 Å². The Morgan fingerprint density at radius 2 is 2.06 bits per heavy atom. The molecule has 0 aromatic carbocycles. The Labute approximate surface area is 100 Å². The summed E-state index contributed by atoms with van der Waals surface area (Å²) in [5.74, 6) is 2.50. The average Bonchev–Trinajstić information content (AvgIpc) is 2.23. The molecule has 2 fully saturated rings. The molecule has 1 aliphatic carbocycles. The second kappa shape index (κ2) is 4.52. The summed E-state index contributed by atoms with van der Waals surface area (Å²) in [5.41, 5.74) is 0.448. The highest BCUT2D eigenvalue weighted by Crippen LogP contribution is 2.46. The largest absolute Gasteiger partial charge is 0.377 e. The maximum absolute atomic E-state index is 5.72. The highest BCUT2D eigenvalue weighted by Gasteiger charge is 2.43. The molecule has 0 aromatic rings. The maximum atomic E-state index is 5.72. The number of hydrogen-bond acceptors (Lipinski definition) is 1. The van der Waals surface area contributed by atoms with Crippen LogP contribution in [0, 0.1) is 23.2 Å². The third-order valence-corrected chi connectivity index (χ3v) is 4.67. The summed E-state index contributed by atoms with van der Waals surface area (Å²) in [6, 6.07) is 0. The van der Waals surface area contributed by atoms with E-state index in [0.29, 0.717) is 11.5 Å². The van der Waals surface area contributed by atoms with Crippen LogP contribution in [0.25, 0.3) is 0 Å². The van der Waals surface area contributed by atoms with E-state index in [0.717, 1.165) is 24.4 Å². The lowest BCUT2D eigenvalue weighted by Gasteiger charge is -2.40. The molecule has 1 saturated carbocycles. The predicted octanol–water partition coefficient (Wildman–Crippen LogP) is 4.04. The van der Waals surface area contributed by atoms with Crippen LogP contribution in [0.3, 0.4) is 0 Å². The van der Waals surface area contributed by atoms with Crippen LogP contribution in [-0.4, -0.2) is 12.7 Å². The molecule has 92 valence electrons. The van der Waals surface area contributed by atoms with Gasteiger partial charge in [0.2, 0.25) is 0 Å². The van der Waals surface area contributed by atoms with Crippen molar-refractivity contribution in [2.75, 3.05) is 6.61 Å². The van der Waals surface area contributed by atoms with Gasteiger partial charge in [0.1, 0.15) is 0 Å². The fourth-order valence-corrected chi connectivity index (χ4v) is 3.38. The molecule has 1 saturated heterocycles. The molecule has 1 nitrogen and oxygen atoms in total. The summed E-state index contributed by atoms with van der Waals surface area (Å²) in [4.78, 5) is 0. The minimum Gasteiger partial charge on any atom is -0.377 e. The van der Waals surface area contributed by atoms with Crippen LogP contribution < -0.4 is 0 Å². The lowest BCUT2D eigenvalue weighted by atomic mass is 9.73. The van der Waals surface area contributed by atoms with Crippen molar-refractivity contribution in [1.29, 1.82) is 0 Å². The highest BCUT2D eigenvalue weighted by molar-refractivity contribution is 4.94. The summed E-state index contributed by atoms with van der Waals surface area (Å²) in [5, 5.41) is 0. The summed E-state index contributed by atoms with van der Waals surface area (Å²) >= 11 is 0. The molecule has 4 unspecified atom stereocenters. The molecular weight excluding hydrogens is 196 g/mol. The Bertz CT molecular complexity index is 251. The Morgan fingerprint density at radius 3 is 2.56 bits per heavy atom. The van der Waals surface area contributed by atoms with E-state index in [2.05, 4.69) is 33.4 Å². The Balaban J connectivity index is 2.07. The quantitative estimate of drug-likeness (QED) is 0.641. The van der Waals surface area contributed by atoms with Gasteiger partial charge < -0.3 is 4.74 Å². The van der Waals surface area contributed by atoms with Crippen molar-refractivity contribution in [3.8, 4) is 0 Å². The zero-order chi connectivity index (χ0) is 11.8. The van der Waals surface area contributed by atoms with Gasteiger partial charge in [0, 0.05) is 5.92 Å². The van der Waals surface area contributed by atoms with Crippen LogP contribution in [0.1, 0.15) is 46.5 Å². The zero-order valence-electron chi connectivity index (χ0n) is 11.0. The molecule has 0 spiro atoms. The third kappa shape index (κ3) is 2.34. The van der Waals surface area contributed by atoms with Gasteiger partial charge in [-0.15, -0.1) is 6.58 Å². The number of fused-ring (bicyclic) bond motifs is 1. The molecule has 0 aromatic heterocycles. The van der Waals surface area contributed by atoms with Gasteiger partial charge in [-0.3, -0.25) is 0 Å². The van der Waals surface area contributed by atoms with E-state index in [1.54, 1.807) is 0 Å². The predicted molar refractivity (Wildman–Crippen MR) is 68.3 cm³/mol. The van der Waals surface area contributed by atoms with Gasteiger partial charge >= 0.3 is 0 Å². The van der Waals surface area contributed by atoms with Gasteiger partial charge in [-0.25, -0.2) is 0 Å². The molecule has 2 aliphatic rings. The van der Waals surface area contributed by atoms with E-state index < -0.39 is 0 Å². The van der Waals surface area contributed by atoms with Gasteiger partial charge in [-0.2, -0.15) is 0 Å². The molecule has 2 rings (SSSR count). The SMILES string of the molecule is C=CCC1CC(C(C)(C)C)CCC2OCC12. The summed E-state index contributed by atoms with van der Waals surface area (Å²) in [6.45, 7) is 12.1. The molecule has 4 atom stereocenters. The minimum atomic E-state index is 0.448. The van der Waals surface area contributed by atoms with Crippen molar-refractivity contribution in [2.24, 2.45) is 23.2 Å². The van der Waals surface area contributed by atoms with Crippen LogP contribution in [0.2, 0.25) is 0 Å². The summed E-state index contributed by atoms with van der Waals surface area (Å²) in [6.07, 6.45) is 7.85. The van der Waals surface area contributed by atoms with Gasteiger partial charge in [0.15, 0.2) is 0 Å². The van der Waals surface area contributed by atoms with Gasteiger partial charge in [0.25, 0.3) is 0 Å². The second-order valence-electron chi connectivity index (χ2n) is 6.70. The van der Waals surface area contributed by atoms with Crippen molar-refractivity contribution >= 4 is 0 Å². The highest BCUT2D eigenvalue weighted by atomic mass is 16.5. The molecule has 1 aliphatic heterocycles. The van der Waals surface area contributed by atoms with Crippen LogP contribution >= 0.6 is 0 Å². The van der Waals surface area contributed by atoms with Gasteiger partial charge in [-0.1, -0.05) is 26.8 Å². The molecule has 0 amide bonds. The first-order chi connectivity index (χ1) is 7.52. The van der Waals surface area contributed by atoms with Gasteiger partial charge in [-0.05, 0) is 42.9 Å². The van der Waals surface area contributed by atoms with E-state index in [4.69, 9.17) is 4.74 Å². The number of rotatable bonds is 2. The summed E-state index contributed by atoms with van der Waals surface area (Å²) < 4.78 is 5.72. The zero-order valence-corrected chi connectivity index (χ0v) is 11.0. The molecule has 16 heavy (non-hydrogen) atoms. The van der Waals surface area contributed by atoms with E-state index in [1.165, 1.54) is 25.7 Å². The van der Waals surface area contributed by atoms with Crippen LogP contribution in [0.4, 0.5) is 0 Å². The van der Waals surface area contributed by atoms with Crippen molar-refractivity contribution < 1.29 is 4.74 Å². The summed E-state index contributed by atoms with van der Waals surface area (Å²) in [7, 11) is 0. The van der Waals surface area contributed by atoms with E-state index >= 15 is 0 Å². The maximum Gasteiger partial charge on any atom is 0.0628 e. The Morgan fingerprint density at radius 1 is 1.31 bits per heavy atom. The second-order valence-corrected chi connectivity index (χ2v) is 6.70. The Kier molecular flexibility index (Phi) is 3.44. The molecule has 0 radical (unpaired) electrons. The first-order valence-corrected chi connectivity index (χ1v) is 6.75. The average molecular weight is 222 g/mol. The van der Waals surface area contributed by atoms with Gasteiger partial charge in [0.05, 0.1) is 12.7 Å². The minimum absolute atomic E-state index is 0.448. The van der Waals surface area contributed by atoms with Crippen molar-refractivity contribution in [3.63, 3.8) is 0 Å². The van der Waals surface area contributed by atoms with Crippen molar-refractivity contribution in [3.05, 3.63) is 12.7 Å². The molecule has 1 heteroatoms. The van der Waals surface area contributed by atoms with Crippen molar-refractivity contribution in [1.82, 2.24) is 0 Å². The standard InChI is InChI=1S/C15H26O/c1-5-6-11-9-12(15(2,3)4)7-8-14-13(11)10-16-14/h5,11-14H,1,6-10H2,2-4H3. The lowest BCUT2D eigenvalue weighted by Crippen LogP contribution is -2.43. The topological polar surface area (TPSA) is 9.23 Å². The van der Waals surface area contributed by atoms with Crippen LogP contribution in [-0.2, 0) is 4.74 Å². The first kappa shape index (κ1) is 12.2. The van der Waals surface area contributed by atoms with Crippen LogP contribution in [0.5, 0.6) is 0 Å². The van der Waals surface area contributed by atoms with E-state index in [-0.39, 0.29) is 0 Å².